The molecule has 7 heteroatoms. The summed E-state index contributed by atoms with van der Waals surface area (Å²) in [5.74, 6) is 0.954. The molecule has 1 saturated carbocycles. The zero-order valence-electron chi connectivity index (χ0n) is 8.31. The third-order valence-electron chi connectivity index (χ3n) is 3.20. The number of hydrogen-bond acceptors (Lipinski definition) is 4. The predicted octanol–water partition coefficient (Wildman–Crippen LogP) is 0.898. The minimum atomic E-state index is -3.36. The molecule has 0 radical (unpaired) electrons. The zero-order chi connectivity index (χ0) is 11.3. The number of fused-ring (bicyclic) bond motifs is 1. The van der Waals surface area contributed by atoms with Gasteiger partial charge in [-0.25, -0.2) is 13.1 Å². The molecule has 2 N–H and O–H groups in total. The Morgan fingerprint density at radius 3 is 2.62 bits per heavy atom. The SMILES string of the molecule is O=S(=O)(NC1C2CNCC21)c1ccc(Cl)s1. The minimum absolute atomic E-state index is 0.118. The fourth-order valence-electron chi connectivity index (χ4n) is 2.27. The summed E-state index contributed by atoms with van der Waals surface area (Å²) in [4.78, 5) is 0. The summed E-state index contributed by atoms with van der Waals surface area (Å²) in [7, 11) is -3.36. The van der Waals surface area contributed by atoms with Gasteiger partial charge in [0.25, 0.3) is 0 Å². The maximum atomic E-state index is 11.9. The van der Waals surface area contributed by atoms with Gasteiger partial charge in [-0.3, -0.25) is 0 Å². The fourth-order valence-corrected chi connectivity index (χ4v) is 5.11. The van der Waals surface area contributed by atoms with E-state index in [9.17, 15) is 8.42 Å². The molecule has 0 bridgehead atoms. The van der Waals surface area contributed by atoms with E-state index < -0.39 is 10.0 Å². The highest BCUT2D eigenvalue weighted by molar-refractivity contribution is 7.91. The maximum Gasteiger partial charge on any atom is 0.250 e. The Hall–Kier alpha value is -0.140. The Kier molecular flexibility index (Phi) is 2.52. The third-order valence-corrected chi connectivity index (χ3v) is 6.38. The lowest BCUT2D eigenvalue weighted by atomic mass is 10.4. The van der Waals surface area contributed by atoms with Crippen LogP contribution in [0.25, 0.3) is 0 Å². The standard InChI is InChI=1S/C9H11ClN2O2S2/c10-7-1-2-8(15-7)16(13,14)12-9-5-3-11-4-6(5)9/h1-2,5-6,9,11-12H,3-4H2. The Morgan fingerprint density at radius 2 is 2.06 bits per heavy atom. The fraction of sp³-hybridized carbons (Fsp3) is 0.556. The van der Waals surface area contributed by atoms with Gasteiger partial charge in [-0.05, 0) is 37.1 Å². The van der Waals surface area contributed by atoms with Crippen molar-refractivity contribution in [1.29, 1.82) is 0 Å². The minimum Gasteiger partial charge on any atom is -0.316 e. The van der Waals surface area contributed by atoms with Crippen LogP contribution in [-0.4, -0.2) is 27.5 Å². The number of halogens is 1. The first-order valence-corrected chi connectivity index (χ1v) is 7.74. The van der Waals surface area contributed by atoms with Crippen LogP contribution in [0, 0.1) is 11.8 Å². The molecule has 2 heterocycles. The van der Waals surface area contributed by atoms with E-state index in [1.807, 2.05) is 0 Å². The number of rotatable bonds is 3. The van der Waals surface area contributed by atoms with Gasteiger partial charge in [0.2, 0.25) is 10.0 Å². The summed E-state index contributed by atoms with van der Waals surface area (Å²) in [6.45, 7) is 1.84. The van der Waals surface area contributed by atoms with Crippen molar-refractivity contribution in [1.82, 2.24) is 10.0 Å². The topological polar surface area (TPSA) is 58.2 Å². The molecule has 0 amide bonds. The molecule has 1 saturated heterocycles. The van der Waals surface area contributed by atoms with Crippen molar-refractivity contribution in [2.24, 2.45) is 11.8 Å². The first-order chi connectivity index (χ1) is 7.58. The molecule has 0 aromatic carbocycles. The molecular weight excluding hydrogens is 268 g/mol. The number of nitrogens with one attached hydrogen (secondary N) is 2. The third kappa shape index (κ3) is 1.78. The van der Waals surface area contributed by atoms with E-state index in [0.29, 0.717) is 20.4 Å². The van der Waals surface area contributed by atoms with E-state index >= 15 is 0 Å². The van der Waals surface area contributed by atoms with E-state index in [1.54, 1.807) is 12.1 Å². The molecule has 2 atom stereocenters. The van der Waals surface area contributed by atoms with Crippen LogP contribution in [0.5, 0.6) is 0 Å². The molecular formula is C9H11ClN2O2S2. The van der Waals surface area contributed by atoms with Gasteiger partial charge >= 0.3 is 0 Å². The summed E-state index contributed by atoms with van der Waals surface area (Å²) in [5.41, 5.74) is 0. The molecule has 4 nitrogen and oxygen atoms in total. The second-order valence-corrected chi connectivity index (χ2v) is 7.85. The molecule has 3 rings (SSSR count). The maximum absolute atomic E-state index is 11.9. The summed E-state index contributed by atoms with van der Waals surface area (Å²) in [5, 5.41) is 3.23. The van der Waals surface area contributed by atoms with Gasteiger partial charge in [-0.2, -0.15) is 0 Å². The average molecular weight is 279 g/mol. The molecule has 1 aliphatic heterocycles. The van der Waals surface area contributed by atoms with Crippen LogP contribution in [-0.2, 0) is 10.0 Å². The zero-order valence-corrected chi connectivity index (χ0v) is 10.7. The van der Waals surface area contributed by atoms with E-state index in [1.165, 1.54) is 0 Å². The van der Waals surface area contributed by atoms with Crippen molar-refractivity contribution in [3.05, 3.63) is 16.5 Å². The monoisotopic (exact) mass is 278 g/mol. The average Bonchev–Trinajstić information content (AvgIpc) is 2.68. The molecule has 1 aliphatic carbocycles. The summed E-state index contributed by atoms with van der Waals surface area (Å²) >= 11 is 6.82. The van der Waals surface area contributed by atoms with Crippen molar-refractivity contribution in [2.75, 3.05) is 13.1 Å². The molecule has 88 valence electrons. The van der Waals surface area contributed by atoms with E-state index in [0.717, 1.165) is 24.4 Å². The quantitative estimate of drug-likeness (QED) is 0.864. The lowest BCUT2D eigenvalue weighted by molar-refractivity contribution is 0.567. The Balaban J connectivity index is 1.75. The van der Waals surface area contributed by atoms with Crippen molar-refractivity contribution in [3.63, 3.8) is 0 Å². The molecule has 1 aromatic heterocycles. The summed E-state index contributed by atoms with van der Waals surface area (Å²) in [6.07, 6.45) is 0. The van der Waals surface area contributed by atoms with Gasteiger partial charge in [0.1, 0.15) is 4.21 Å². The van der Waals surface area contributed by atoms with Crippen LogP contribution in [0.15, 0.2) is 16.3 Å². The Morgan fingerprint density at radius 1 is 1.38 bits per heavy atom. The van der Waals surface area contributed by atoms with E-state index in [4.69, 9.17) is 11.6 Å². The van der Waals surface area contributed by atoms with Crippen molar-refractivity contribution >= 4 is 33.0 Å². The second kappa shape index (κ2) is 3.68. The normalized spacial score (nSPS) is 32.7. The number of thiophene rings is 1. The van der Waals surface area contributed by atoms with Gasteiger partial charge < -0.3 is 5.32 Å². The van der Waals surface area contributed by atoms with Crippen molar-refractivity contribution < 1.29 is 8.42 Å². The second-order valence-electron chi connectivity index (χ2n) is 4.19. The Labute approximate surface area is 103 Å². The number of sulfonamides is 1. The molecule has 1 aromatic rings. The Bertz CT molecular complexity index is 503. The van der Waals surface area contributed by atoms with Gasteiger partial charge in [-0.1, -0.05) is 11.6 Å². The first kappa shape index (κ1) is 11.0. The van der Waals surface area contributed by atoms with Crippen LogP contribution < -0.4 is 10.0 Å². The van der Waals surface area contributed by atoms with Gasteiger partial charge in [-0.15, -0.1) is 11.3 Å². The van der Waals surface area contributed by atoms with Gasteiger partial charge in [0.05, 0.1) is 4.34 Å². The van der Waals surface area contributed by atoms with Gasteiger partial charge in [0, 0.05) is 6.04 Å². The largest absolute Gasteiger partial charge is 0.316 e. The van der Waals surface area contributed by atoms with Crippen LogP contribution in [0.1, 0.15) is 0 Å². The molecule has 0 spiro atoms. The molecule has 2 aliphatic rings. The molecule has 2 unspecified atom stereocenters. The van der Waals surface area contributed by atoms with Crippen molar-refractivity contribution in [3.8, 4) is 0 Å². The van der Waals surface area contributed by atoms with Crippen LogP contribution in [0.4, 0.5) is 0 Å². The van der Waals surface area contributed by atoms with E-state index in [-0.39, 0.29) is 6.04 Å². The molecule has 16 heavy (non-hydrogen) atoms. The first-order valence-electron chi connectivity index (χ1n) is 5.06. The summed E-state index contributed by atoms with van der Waals surface area (Å²) < 4.78 is 27.4. The lowest BCUT2D eigenvalue weighted by Crippen LogP contribution is -2.32. The van der Waals surface area contributed by atoms with Crippen LogP contribution >= 0.6 is 22.9 Å². The van der Waals surface area contributed by atoms with Gasteiger partial charge in [0.15, 0.2) is 0 Å². The number of piperidine rings is 1. The highest BCUT2D eigenvalue weighted by Gasteiger charge is 2.54. The highest BCUT2D eigenvalue weighted by Crippen LogP contribution is 2.42. The van der Waals surface area contributed by atoms with E-state index in [2.05, 4.69) is 10.0 Å². The summed E-state index contributed by atoms with van der Waals surface area (Å²) in [6, 6.07) is 3.27. The number of hydrogen-bond donors (Lipinski definition) is 2. The lowest BCUT2D eigenvalue weighted by Gasteiger charge is -2.06. The molecule has 2 fully saturated rings. The van der Waals surface area contributed by atoms with Crippen LogP contribution in [0.2, 0.25) is 4.34 Å². The highest BCUT2D eigenvalue weighted by atomic mass is 35.5. The van der Waals surface area contributed by atoms with Crippen molar-refractivity contribution in [2.45, 2.75) is 10.3 Å². The van der Waals surface area contributed by atoms with Crippen LogP contribution in [0.3, 0.4) is 0 Å². The predicted molar refractivity (Wildman–Crippen MR) is 63.3 cm³/mol. The smallest absolute Gasteiger partial charge is 0.250 e.